The van der Waals surface area contributed by atoms with E-state index in [9.17, 15) is 20.0 Å². The molecule has 6 N–H and O–H groups in total. The van der Waals surface area contributed by atoms with E-state index >= 15 is 0 Å². The molecular formula is C25H26N4O4. The Kier molecular flexibility index (Phi) is 8.34. The summed E-state index contributed by atoms with van der Waals surface area (Å²) in [7, 11) is 0. The van der Waals surface area contributed by atoms with Crippen LogP contribution in [0.4, 0.5) is 17.1 Å². The Labute approximate surface area is 191 Å². The fraction of sp³-hybridized carbons (Fsp3) is 0.0800. The van der Waals surface area contributed by atoms with Crippen LogP contribution >= 0.6 is 0 Å². The molecule has 8 nitrogen and oxygen atoms in total. The predicted octanol–water partition coefficient (Wildman–Crippen LogP) is 4.99. The summed E-state index contributed by atoms with van der Waals surface area (Å²) in [6.45, 7) is 7.25. The Morgan fingerprint density at radius 3 is 2.48 bits per heavy atom. The first-order valence-corrected chi connectivity index (χ1v) is 9.97. The average Bonchev–Trinajstić information content (AvgIpc) is 2.78. The number of phenolic OH excluding ortho intramolecular Hbond substituents is 1. The molecule has 0 heterocycles. The number of nitro benzene ring substituents is 1. The Hall–Kier alpha value is -4.59. The first-order chi connectivity index (χ1) is 15.7. The zero-order chi connectivity index (χ0) is 24.5. The van der Waals surface area contributed by atoms with Crippen molar-refractivity contribution in [3.63, 3.8) is 0 Å². The Balaban J connectivity index is 0.000000294. The van der Waals surface area contributed by atoms with E-state index in [0.29, 0.717) is 16.8 Å². The van der Waals surface area contributed by atoms with Crippen molar-refractivity contribution in [2.45, 2.75) is 13.8 Å². The molecule has 1 amide bonds. The Morgan fingerprint density at radius 1 is 1.18 bits per heavy atom. The summed E-state index contributed by atoms with van der Waals surface area (Å²) in [4.78, 5) is 22.1. The van der Waals surface area contributed by atoms with Gasteiger partial charge in [-0.1, -0.05) is 49.1 Å². The van der Waals surface area contributed by atoms with Gasteiger partial charge in [-0.05, 0) is 43.0 Å². The molecule has 0 aliphatic carbocycles. The van der Waals surface area contributed by atoms with Crippen LogP contribution in [0.25, 0.3) is 10.8 Å². The van der Waals surface area contributed by atoms with Gasteiger partial charge >= 0.3 is 0 Å². The number of benzene rings is 3. The minimum absolute atomic E-state index is 0.0353. The summed E-state index contributed by atoms with van der Waals surface area (Å²) < 4.78 is 0. The van der Waals surface area contributed by atoms with Crippen molar-refractivity contribution < 1.29 is 14.8 Å². The highest BCUT2D eigenvalue weighted by Crippen LogP contribution is 2.33. The largest absolute Gasteiger partial charge is 0.505 e. The fourth-order valence-electron chi connectivity index (χ4n) is 2.92. The molecule has 0 fully saturated rings. The maximum absolute atomic E-state index is 12.4. The number of nitro groups is 1. The molecule has 0 saturated carbocycles. The van der Waals surface area contributed by atoms with Crippen molar-refractivity contribution in [1.29, 1.82) is 0 Å². The molecular weight excluding hydrogens is 420 g/mol. The van der Waals surface area contributed by atoms with Gasteiger partial charge in [-0.2, -0.15) is 0 Å². The molecule has 0 atom stereocenters. The molecule has 3 aromatic rings. The highest BCUT2D eigenvalue weighted by molar-refractivity contribution is 6.07. The number of hydrogen-bond acceptors (Lipinski definition) is 6. The number of rotatable bonds is 5. The maximum Gasteiger partial charge on any atom is 0.271 e. The summed E-state index contributed by atoms with van der Waals surface area (Å²) in [5.74, 6) is -0.643. The number of carbonyl (C=O) groups is 1. The van der Waals surface area contributed by atoms with Crippen molar-refractivity contribution >= 4 is 33.7 Å². The van der Waals surface area contributed by atoms with E-state index in [4.69, 9.17) is 11.5 Å². The van der Waals surface area contributed by atoms with Gasteiger partial charge in [0.2, 0.25) is 0 Å². The second kappa shape index (κ2) is 11.1. The SMILES string of the molecule is C=C/C=C(\C=C/C)NC(=O)c1cc2ccccc2c(N)c1O.Cc1ccc([N+](=O)[O-])cc1N. The molecule has 3 aromatic carbocycles. The second-order valence-corrected chi connectivity index (χ2v) is 7.02. The van der Waals surface area contributed by atoms with Crippen molar-refractivity contribution in [3.8, 4) is 5.75 Å². The topological polar surface area (TPSA) is 145 Å². The minimum atomic E-state index is -0.462. The number of nitrogens with one attached hydrogen (secondary N) is 1. The number of aryl methyl sites for hydroxylation is 1. The second-order valence-electron chi connectivity index (χ2n) is 7.02. The van der Waals surface area contributed by atoms with Crippen LogP contribution < -0.4 is 16.8 Å². The van der Waals surface area contributed by atoms with Gasteiger partial charge < -0.3 is 21.9 Å². The van der Waals surface area contributed by atoms with Gasteiger partial charge in [-0.15, -0.1) is 0 Å². The molecule has 0 radical (unpaired) electrons. The minimum Gasteiger partial charge on any atom is -0.505 e. The van der Waals surface area contributed by atoms with Crippen LogP contribution in [0.1, 0.15) is 22.8 Å². The van der Waals surface area contributed by atoms with Crippen LogP contribution in [0.15, 0.2) is 85.1 Å². The molecule has 0 aliphatic heterocycles. The lowest BCUT2D eigenvalue weighted by atomic mass is 10.0. The Bertz CT molecular complexity index is 1260. The lowest BCUT2D eigenvalue weighted by molar-refractivity contribution is -0.384. The fourth-order valence-corrected chi connectivity index (χ4v) is 2.92. The van der Waals surface area contributed by atoms with Crippen LogP contribution in [0, 0.1) is 17.0 Å². The number of phenols is 1. The smallest absolute Gasteiger partial charge is 0.271 e. The van der Waals surface area contributed by atoms with E-state index in [2.05, 4.69) is 11.9 Å². The average molecular weight is 447 g/mol. The highest BCUT2D eigenvalue weighted by atomic mass is 16.6. The molecule has 0 aliphatic rings. The maximum atomic E-state index is 12.4. The molecule has 0 unspecified atom stereocenters. The van der Waals surface area contributed by atoms with Crippen LogP contribution in [-0.4, -0.2) is 15.9 Å². The number of hydrogen-bond donors (Lipinski definition) is 4. The van der Waals surface area contributed by atoms with Gasteiger partial charge in [0.1, 0.15) is 0 Å². The lowest BCUT2D eigenvalue weighted by Gasteiger charge is -2.11. The number of amides is 1. The highest BCUT2D eigenvalue weighted by Gasteiger charge is 2.16. The summed E-state index contributed by atoms with van der Waals surface area (Å²) in [6, 6.07) is 13.4. The van der Waals surface area contributed by atoms with Crippen LogP contribution in [0.5, 0.6) is 5.75 Å². The lowest BCUT2D eigenvalue weighted by Crippen LogP contribution is -2.22. The first kappa shape index (κ1) is 24.7. The van der Waals surface area contributed by atoms with Gasteiger partial charge in [-0.25, -0.2) is 0 Å². The van der Waals surface area contributed by atoms with Gasteiger partial charge in [0.25, 0.3) is 11.6 Å². The van der Waals surface area contributed by atoms with E-state index in [1.807, 2.05) is 25.1 Å². The predicted molar refractivity (Wildman–Crippen MR) is 133 cm³/mol. The van der Waals surface area contributed by atoms with Gasteiger partial charge in [-0.3, -0.25) is 14.9 Å². The molecule has 0 aromatic heterocycles. The number of nitrogens with zero attached hydrogens (tertiary/aromatic N) is 1. The number of nitrogens with two attached hydrogens (primary N) is 2. The van der Waals surface area contributed by atoms with E-state index in [1.165, 1.54) is 12.1 Å². The third-order valence-corrected chi connectivity index (χ3v) is 4.68. The van der Waals surface area contributed by atoms with Crippen LogP contribution in [-0.2, 0) is 0 Å². The number of nitrogen functional groups attached to an aromatic ring is 2. The zero-order valence-electron chi connectivity index (χ0n) is 18.4. The van der Waals surface area contributed by atoms with Gasteiger partial charge in [0.15, 0.2) is 5.75 Å². The Morgan fingerprint density at radius 2 is 1.88 bits per heavy atom. The third kappa shape index (κ3) is 6.20. The molecule has 0 spiro atoms. The summed E-state index contributed by atoms with van der Waals surface area (Å²) in [5, 5.41) is 24.6. The van der Waals surface area contributed by atoms with Crippen molar-refractivity contribution in [3.05, 3.63) is 106 Å². The van der Waals surface area contributed by atoms with E-state index < -0.39 is 10.8 Å². The number of anilines is 2. The van der Waals surface area contributed by atoms with Crippen LogP contribution in [0.3, 0.4) is 0 Å². The summed E-state index contributed by atoms with van der Waals surface area (Å²) in [6.07, 6.45) is 6.77. The first-order valence-electron chi connectivity index (χ1n) is 9.97. The van der Waals surface area contributed by atoms with Gasteiger partial charge in [0.05, 0.1) is 16.2 Å². The summed E-state index contributed by atoms with van der Waals surface area (Å²) >= 11 is 0. The van der Waals surface area contributed by atoms with Crippen molar-refractivity contribution in [2.24, 2.45) is 0 Å². The van der Waals surface area contributed by atoms with Gasteiger partial charge in [0, 0.05) is 28.9 Å². The standard InChI is InChI=1S/C18H18N2O2.C7H8N2O2/c1-3-7-13(8-4-2)20-18(22)15-11-12-9-5-6-10-14(12)16(19)17(15)21;1-5-2-3-6(9(10)11)4-7(5)8/h3-11,21H,1,19H2,2H3,(H,20,22);2-4H,8H2,1H3/b8-4-,13-7+;. The number of fused-ring (bicyclic) bond motifs is 1. The monoisotopic (exact) mass is 446 g/mol. The van der Waals surface area contributed by atoms with E-state index in [0.717, 1.165) is 10.9 Å². The van der Waals surface area contributed by atoms with Crippen molar-refractivity contribution in [1.82, 2.24) is 5.32 Å². The summed E-state index contributed by atoms with van der Waals surface area (Å²) in [5.41, 5.74) is 13.6. The third-order valence-electron chi connectivity index (χ3n) is 4.68. The number of allylic oxidation sites excluding steroid dienone is 4. The van der Waals surface area contributed by atoms with Crippen molar-refractivity contribution in [2.75, 3.05) is 11.5 Å². The van der Waals surface area contributed by atoms with E-state index in [1.54, 1.807) is 49.4 Å². The number of non-ortho nitro benzene ring substituents is 1. The van der Waals surface area contributed by atoms with E-state index in [-0.39, 0.29) is 22.7 Å². The molecule has 3 rings (SSSR count). The molecule has 33 heavy (non-hydrogen) atoms. The molecule has 170 valence electrons. The molecule has 8 heteroatoms. The zero-order valence-corrected chi connectivity index (χ0v) is 18.4. The van der Waals surface area contributed by atoms with Crippen LogP contribution in [0.2, 0.25) is 0 Å². The normalized spacial score (nSPS) is 11.0. The molecule has 0 bridgehead atoms. The quantitative estimate of drug-likeness (QED) is 0.143. The number of aromatic hydroxyl groups is 1. The number of carbonyl (C=O) groups excluding carboxylic acids is 1. The molecule has 0 saturated heterocycles.